The Kier molecular flexibility index (Phi) is 4.95. The number of hydrogen-bond donors (Lipinski definition) is 2. The highest BCUT2D eigenvalue weighted by atomic mass is 79.9. The lowest BCUT2D eigenvalue weighted by molar-refractivity contribution is 0.249. The van der Waals surface area contributed by atoms with Gasteiger partial charge in [0.1, 0.15) is 10.7 Å². The second-order valence-electron chi connectivity index (χ2n) is 5.93. The van der Waals surface area contributed by atoms with Gasteiger partial charge in [0.05, 0.1) is 10.2 Å². The second kappa shape index (κ2) is 6.22. The van der Waals surface area contributed by atoms with Crippen LogP contribution in [0, 0.1) is 17.7 Å². The third-order valence-electron chi connectivity index (χ3n) is 4.08. The molecule has 0 spiro atoms. The quantitative estimate of drug-likeness (QED) is 0.792. The summed E-state index contributed by atoms with van der Waals surface area (Å²) in [5, 5.41) is 0. The predicted octanol–water partition coefficient (Wildman–Crippen LogP) is 3.27. The average molecular weight is 379 g/mol. The van der Waals surface area contributed by atoms with Gasteiger partial charge in [-0.05, 0) is 59.2 Å². The minimum atomic E-state index is -3.75. The fraction of sp³-hybridized carbons (Fsp3) is 0.571. The third-order valence-corrected chi connectivity index (χ3v) is 6.23. The van der Waals surface area contributed by atoms with E-state index in [0.717, 1.165) is 25.3 Å². The van der Waals surface area contributed by atoms with E-state index in [1.165, 1.54) is 6.07 Å². The molecule has 1 aromatic carbocycles. The first-order valence-corrected chi connectivity index (χ1v) is 9.25. The normalized spacial score (nSPS) is 26.8. The minimum Gasteiger partial charge on any atom is -0.398 e. The highest BCUT2D eigenvalue weighted by Crippen LogP contribution is 2.31. The molecule has 7 heteroatoms. The Morgan fingerprint density at radius 3 is 2.62 bits per heavy atom. The highest BCUT2D eigenvalue weighted by molar-refractivity contribution is 9.10. The zero-order chi connectivity index (χ0) is 15.8. The van der Waals surface area contributed by atoms with Crippen LogP contribution in [0.15, 0.2) is 21.5 Å². The molecule has 3 atom stereocenters. The number of sulfonamides is 1. The summed E-state index contributed by atoms with van der Waals surface area (Å²) >= 11 is 2.99. The molecule has 0 radical (unpaired) electrons. The van der Waals surface area contributed by atoms with Gasteiger partial charge < -0.3 is 5.73 Å². The monoisotopic (exact) mass is 378 g/mol. The number of hydrogen-bond acceptors (Lipinski definition) is 3. The Morgan fingerprint density at radius 2 is 2.00 bits per heavy atom. The molecular weight excluding hydrogens is 359 g/mol. The summed E-state index contributed by atoms with van der Waals surface area (Å²) in [5.41, 5.74) is 5.57. The molecule has 1 fully saturated rings. The summed E-state index contributed by atoms with van der Waals surface area (Å²) in [4.78, 5) is -0.0819. The molecule has 0 heterocycles. The molecule has 0 aromatic heterocycles. The van der Waals surface area contributed by atoms with Crippen molar-refractivity contribution in [2.75, 3.05) is 5.73 Å². The van der Waals surface area contributed by atoms with Crippen molar-refractivity contribution >= 4 is 31.6 Å². The highest BCUT2D eigenvalue weighted by Gasteiger charge is 2.30. The van der Waals surface area contributed by atoms with Gasteiger partial charge in [-0.1, -0.05) is 13.8 Å². The topological polar surface area (TPSA) is 72.2 Å². The van der Waals surface area contributed by atoms with Crippen LogP contribution in [-0.2, 0) is 10.0 Å². The van der Waals surface area contributed by atoms with E-state index in [1.54, 1.807) is 0 Å². The number of rotatable bonds is 3. The van der Waals surface area contributed by atoms with Crippen LogP contribution in [0.2, 0.25) is 0 Å². The van der Waals surface area contributed by atoms with Crippen LogP contribution in [-0.4, -0.2) is 14.5 Å². The molecule has 0 aliphatic heterocycles. The van der Waals surface area contributed by atoms with Crippen LogP contribution in [0.4, 0.5) is 10.1 Å². The van der Waals surface area contributed by atoms with Crippen LogP contribution in [0.1, 0.15) is 33.1 Å². The molecule has 21 heavy (non-hydrogen) atoms. The Labute approximate surface area is 133 Å². The molecule has 1 saturated carbocycles. The van der Waals surface area contributed by atoms with E-state index in [1.807, 2.05) is 6.92 Å². The average Bonchev–Trinajstić information content (AvgIpc) is 2.37. The standard InChI is InChI=1S/C14H20BrFN2O2S/c1-8-3-4-13(9(2)5-8)18-21(19,20)14-6-10(15)11(16)7-12(14)17/h6-9,13,18H,3-5,17H2,1-2H3. The van der Waals surface area contributed by atoms with E-state index in [4.69, 9.17) is 5.73 Å². The van der Waals surface area contributed by atoms with Gasteiger partial charge in [-0.25, -0.2) is 17.5 Å². The van der Waals surface area contributed by atoms with E-state index in [9.17, 15) is 12.8 Å². The summed E-state index contributed by atoms with van der Waals surface area (Å²) in [5.74, 6) is 0.311. The van der Waals surface area contributed by atoms with E-state index < -0.39 is 15.8 Å². The number of nitrogens with one attached hydrogen (secondary N) is 1. The van der Waals surface area contributed by atoms with Crippen LogP contribution in [0.5, 0.6) is 0 Å². The molecule has 0 amide bonds. The van der Waals surface area contributed by atoms with Gasteiger partial charge >= 0.3 is 0 Å². The molecule has 3 unspecified atom stereocenters. The number of halogens is 2. The first-order valence-electron chi connectivity index (χ1n) is 6.97. The Bertz CT molecular complexity index is 636. The lowest BCUT2D eigenvalue weighted by Crippen LogP contribution is -2.42. The molecule has 1 aromatic rings. The summed E-state index contributed by atoms with van der Waals surface area (Å²) in [6, 6.07) is 2.13. The van der Waals surface area contributed by atoms with Crippen molar-refractivity contribution in [3.63, 3.8) is 0 Å². The lowest BCUT2D eigenvalue weighted by atomic mass is 9.80. The zero-order valence-electron chi connectivity index (χ0n) is 12.1. The van der Waals surface area contributed by atoms with E-state index in [2.05, 4.69) is 27.6 Å². The molecule has 2 rings (SSSR count). The first kappa shape index (κ1) is 16.7. The van der Waals surface area contributed by atoms with Crippen LogP contribution in [0.3, 0.4) is 0 Å². The van der Waals surface area contributed by atoms with Gasteiger partial charge in [-0.15, -0.1) is 0 Å². The first-order chi connectivity index (χ1) is 9.70. The molecule has 0 bridgehead atoms. The van der Waals surface area contributed by atoms with Crippen LogP contribution in [0.25, 0.3) is 0 Å². The van der Waals surface area contributed by atoms with Crippen LogP contribution < -0.4 is 10.5 Å². The zero-order valence-corrected chi connectivity index (χ0v) is 14.5. The molecule has 0 saturated heterocycles. The number of anilines is 1. The number of nitrogen functional groups attached to an aromatic ring is 1. The van der Waals surface area contributed by atoms with Gasteiger partial charge in [0.2, 0.25) is 10.0 Å². The SMILES string of the molecule is CC1CCC(NS(=O)(=O)c2cc(Br)c(F)cc2N)C(C)C1. The lowest BCUT2D eigenvalue weighted by Gasteiger charge is -2.33. The summed E-state index contributed by atoms with van der Waals surface area (Å²) in [6.07, 6.45) is 2.81. The van der Waals surface area contributed by atoms with Crippen LogP contribution >= 0.6 is 15.9 Å². The van der Waals surface area contributed by atoms with Crippen molar-refractivity contribution in [1.82, 2.24) is 4.72 Å². The molecule has 3 N–H and O–H groups in total. The largest absolute Gasteiger partial charge is 0.398 e. The third kappa shape index (κ3) is 3.76. The summed E-state index contributed by atoms with van der Waals surface area (Å²) in [7, 11) is -3.75. The molecular formula is C14H20BrFN2O2S. The van der Waals surface area contributed by atoms with E-state index in [-0.39, 0.29) is 27.0 Å². The molecule has 118 valence electrons. The van der Waals surface area contributed by atoms with E-state index in [0.29, 0.717) is 5.92 Å². The Hall–Kier alpha value is -0.660. The van der Waals surface area contributed by atoms with Crippen molar-refractivity contribution < 1.29 is 12.8 Å². The smallest absolute Gasteiger partial charge is 0.242 e. The molecule has 1 aliphatic carbocycles. The summed E-state index contributed by atoms with van der Waals surface area (Å²) in [6.45, 7) is 4.23. The minimum absolute atomic E-state index is 0.0819. The molecule has 4 nitrogen and oxygen atoms in total. The predicted molar refractivity (Wildman–Crippen MR) is 84.8 cm³/mol. The van der Waals surface area contributed by atoms with Crippen molar-refractivity contribution in [2.24, 2.45) is 11.8 Å². The van der Waals surface area contributed by atoms with E-state index >= 15 is 0 Å². The van der Waals surface area contributed by atoms with Gasteiger partial charge in [-0.2, -0.15) is 0 Å². The number of benzene rings is 1. The maximum absolute atomic E-state index is 13.4. The fourth-order valence-electron chi connectivity index (χ4n) is 2.88. The van der Waals surface area contributed by atoms with Gasteiger partial charge in [0, 0.05) is 6.04 Å². The fourth-order valence-corrected chi connectivity index (χ4v) is 4.89. The number of nitrogens with two attached hydrogens (primary N) is 1. The van der Waals surface area contributed by atoms with Crippen molar-refractivity contribution in [2.45, 2.75) is 44.0 Å². The van der Waals surface area contributed by atoms with Crippen molar-refractivity contribution in [3.8, 4) is 0 Å². The second-order valence-corrected chi connectivity index (χ2v) is 8.46. The van der Waals surface area contributed by atoms with Gasteiger partial charge in [0.15, 0.2) is 0 Å². The van der Waals surface area contributed by atoms with Gasteiger partial charge in [-0.3, -0.25) is 0 Å². The Balaban J connectivity index is 2.25. The maximum Gasteiger partial charge on any atom is 0.242 e. The summed E-state index contributed by atoms with van der Waals surface area (Å²) < 4.78 is 41.1. The van der Waals surface area contributed by atoms with Crippen molar-refractivity contribution in [3.05, 3.63) is 22.4 Å². The Morgan fingerprint density at radius 1 is 1.33 bits per heavy atom. The van der Waals surface area contributed by atoms with Gasteiger partial charge in [0.25, 0.3) is 0 Å². The van der Waals surface area contributed by atoms with Crippen molar-refractivity contribution in [1.29, 1.82) is 0 Å². The molecule has 1 aliphatic rings. The maximum atomic E-state index is 13.4.